The van der Waals surface area contributed by atoms with Crippen molar-refractivity contribution in [1.29, 1.82) is 0 Å². The van der Waals surface area contributed by atoms with Gasteiger partial charge >= 0.3 is 15.6 Å². The van der Waals surface area contributed by atoms with Gasteiger partial charge in [-0.25, -0.2) is 0 Å². The van der Waals surface area contributed by atoms with Gasteiger partial charge in [0.05, 0.1) is 5.75 Å². The number of alkyl halides is 3. The molecule has 0 saturated heterocycles. The summed E-state index contributed by atoms with van der Waals surface area (Å²) in [7, 11) is -8.23. The topological polar surface area (TPSA) is 64.0 Å². The zero-order chi connectivity index (χ0) is 17.8. The molecule has 0 aromatic rings. The van der Waals surface area contributed by atoms with E-state index in [4.69, 9.17) is 0 Å². The Balaban J connectivity index is 5.59. The lowest BCUT2D eigenvalue weighted by molar-refractivity contribution is -0.116. The molecule has 0 aromatic carbocycles. The Morgan fingerprint density at radius 3 is 1.86 bits per heavy atom. The van der Waals surface area contributed by atoms with Crippen molar-refractivity contribution in [3.8, 4) is 0 Å². The van der Waals surface area contributed by atoms with Crippen LogP contribution in [0.1, 0.15) is 53.9 Å². The lowest BCUT2D eigenvalue weighted by atomic mass is 10.2. The van der Waals surface area contributed by atoms with Crippen molar-refractivity contribution in [3.63, 3.8) is 0 Å². The van der Waals surface area contributed by atoms with E-state index in [1.54, 1.807) is 27.7 Å². The van der Waals surface area contributed by atoms with Crippen LogP contribution in [0.4, 0.5) is 13.2 Å². The second-order valence-electron chi connectivity index (χ2n) is 5.69. The molecule has 134 valence electrons. The van der Waals surface area contributed by atoms with Crippen molar-refractivity contribution in [2.24, 2.45) is 0 Å². The fraction of sp³-hybridized carbons (Fsp3) is 0.923. The van der Waals surface area contributed by atoms with Crippen LogP contribution in [0.3, 0.4) is 0 Å². The predicted molar refractivity (Wildman–Crippen MR) is 84.9 cm³/mol. The minimum Gasteiger partial charge on any atom is -0.299 e. The van der Waals surface area contributed by atoms with Crippen LogP contribution >= 0.6 is 10.3 Å². The van der Waals surface area contributed by atoms with Crippen molar-refractivity contribution >= 4 is 26.2 Å². The van der Waals surface area contributed by atoms with Gasteiger partial charge in [0.1, 0.15) is 5.78 Å². The van der Waals surface area contributed by atoms with Gasteiger partial charge in [0.25, 0.3) is 0 Å². The number of hydrogen-bond acceptors (Lipinski definition) is 3. The highest BCUT2D eigenvalue weighted by Gasteiger charge is 2.57. The van der Waals surface area contributed by atoms with Crippen LogP contribution in [-0.4, -0.2) is 39.6 Å². The van der Waals surface area contributed by atoms with Gasteiger partial charge in [-0.2, -0.15) is 13.2 Å². The van der Waals surface area contributed by atoms with E-state index in [1.165, 1.54) is 0 Å². The van der Waals surface area contributed by atoms with Gasteiger partial charge in [-0.15, -0.1) is 8.42 Å². The molecule has 0 unspecified atom stereocenters. The molecule has 4 nitrogen and oxygen atoms in total. The molecule has 9 heteroatoms. The van der Waals surface area contributed by atoms with Crippen LogP contribution in [0.25, 0.3) is 0 Å². The smallest absolute Gasteiger partial charge is 0.299 e. The van der Waals surface area contributed by atoms with Gasteiger partial charge < -0.3 is 0 Å². The highest BCUT2D eigenvalue weighted by molar-refractivity contribution is 8.33. The summed E-state index contributed by atoms with van der Waals surface area (Å²) < 4.78 is 64.3. The van der Waals surface area contributed by atoms with E-state index >= 15 is 0 Å². The quantitative estimate of drug-likeness (QED) is 0.348. The van der Waals surface area contributed by atoms with E-state index in [0.29, 0.717) is 6.42 Å². The molecular formula is C13H26F3O4S2+. The number of unbranched alkanes of at least 4 members (excludes halogenated alkanes) is 1. The summed E-state index contributed by atoms with van der Waals surface area (Å²) in [6.07, 6.45) is 1.66. The average molecular weight is 367 g/mol. The third-order valence-corrected chi connectivity index (χ3v) is 9.89. The fourth-order valence-corrected chi connectivity index (χ4v) is 7.81. The summed E-state index contributed by atoms with van der Waals surface area (Å²) in [4.78, 5) is 12.0. The Morgan fingerprint density at radius 1 is 1.09 bits per heavy atom. The lowest BCUT2D eigenvalue weighted by Gasteiger charge is -2.40. The zero-order valence-electron chi connectivity index (χ0n) is 13.6. The lowest BCUT2D eigenvalue weighted by Crippen LogP contribution is -2.38. The van der Waals surface area contributed by atoms with Crippen LogP contribution in [0.2, 0.25) is 0 Å². The molecule has 0 bridgehead atoms. The number of rotatable bonds is 9. The van der Waals surface area contributed by atoms with Crippen LogP contribution < -0.4 is 0 Å². The molecule has 0 aromatic heterocycles. The standard InChI is InChI=1S/C13H25F3O4S2/c1-6-7-8-12(17)9-21(10(2)3,11(4)5)20-22(18,19)13(14,15)16/h10-11H,6-9H2,1-5H3/p+1. The summed E-state index contributed by atoms with van der Waals surface area (Å²) in [5.74, 6) is -0.433. The highest BCUT2D eigenvalue weighted by atomic mass is 32.3. The van der Waals surface area contributed by atoms with E-state index in [-0.39, 0.29) is 18.0 Å². The normalized spacial score (nSPS) is 14.6. The summed E-state index contributed by atoms with van der Waals surface area (Å²) in [6, 6.07) is 0. The number of carbonyl (C=O) groups is 1. The Bertz CT molecular complexity index is 462. The molecule has 0 radical (unpaired) electrons. The average Bonchev–Trinajstić information content (AvgIpc) is 2.33. The molecule has 0 saturated carbocycles. The summed E-state index contributed by atoms with van der Waals surface area (Å²) >= 11 is 0. The van der Waals surface area contributed by atoms with Gasteiger partial charge in [-0.05, 0) is 44.4 Å². The zero-order valence-corrected chi connectivity index (χ0v) is 15.2. The molecule has 0 atom stereocenters. The molecule has 0 aliphatic heterocycles. The molecule has 0 aliphatic rings. The Hall–Kier alpha value is -0.280. The van der Waals surface area contributed by atoms with Gasteiger partial charge in [0.2, 0.25) is 0 Å². The Morgan fingerprint density at radius 2 is 1.55 bits per heavy atom. The maximum Gasteiger partial charge on any atom is 0.572 e. The van der Waals surface area contributed by atoms with E-state index in [1.807, 2.05) is 6.92 Å². The summed E-state index contributed by atoms with van der Waals surface area (Å²) in [6.45, 7) is 8.39. The van der Waals surface area contributed by atoms with Gasteiger partial charge in [0, 0.05) is 16.9 Å². The first-order chi connectivity index (χ1) is 9.80. The van der Waals surface area contributed by atoms with Crippen molar-refractivity contribution in [1.82, 2.24) is 0 Å². The van der Waals surface area contributed by atoms with Gasteiger partial charge in [-0.3, -0.25) is 8.42 Å². The van der Waals surface area contributed by atoms with Crippen LogP contribution in [0.5, 0.6) is 0 Å². The molecule has 0 fully saturated rings. The molecule has 0 heterocycles. The molecule has 0 rings (SSSR count). The first-order valence-electron chi connectivity index (χ1n) is 7.16. The molecule has 1 N–H and O–H groups in total. The van der Waals surface area contributed by atoms with Crippen LogP contribution in [0.15, 0.2) is 0 Å². The maximum atomic E-state index is 12.7. The third-order valence-electron chi connectivity index (χ3n) is 3.36. The minimum absolute atomic E-state index is 0.211. The second-order valence-corrected chi connectivity index (χ2v) is 11.5. The number of hydrogen-bond donors (Lipinski definition) is 0. The number of halogens is 3. The molecule has 0 spiro atoms. The number of Topliss-reactive ketones (excluding diaryl/α,β-unsaturated/α-hetero) is 1. The first-order valence-corrected chi connectivity index (χ1v) is 10.5. The number of carbonyl (C=O) groups excluding carboxylic acids is 1. The van der Waals surface area contributed by atoms with Crippen LogP contribution in [0, 0.1) is 0 Å². The Labute approximate surface area is 132 Å². The first kappa shape index (κ1) is 21.7. The summed E-state index contributed by atoms with van der Waals surface area (Å²) in [5.41, 5.74) is -5.43. The van der Waals surface area contributed by atoms with E-state index in [0.717, 1.165) is 6.42 Å². The predicted octanol–water partition coefficient (Wildman–Crippen LogP) is 4.23. The molecule has 0 aliphatic carbocycles. The van der Waals surface area contributed by atoms with Gasteiger partial charge in [-0.1, -0.05) is 13.3 Å². The van der Waals surface area contributed by atoms with E-state index in [9.17, 15) is 26.4 Å². The van der Waals surface area contributed by atoms with Crippen molar-refractivity contribution in [2.45, 2.75) is 69.9 Å². The SMILES string of the molecule is CCCCC(=O)CS([OH+]S(=O)(=O)C(F)(F)F)(C(C)C)C(C)C. The third kappa shape index (κ3) is 5.42. The monoisotopic (exact) mass is 367 g/mol. The molecule has 0 amide bonds. The summed E-state index contributed by atoms with van der Waals surface area (Å²) in [5, 5.41) is -0.870. The van der Waals surface area contributed by atoms with Crippen molar-refractivity contribution < 1.29 is 30.0 Å². The van der Waals surface area contributed by atoms with Crippen molar-refractivity contribution in [3.05, 3.63) is 0 Å². The van der Waals surface area contributed by atoms with Crippen molar-refractivity contribution in [2.75, 3.05) is 5.75 Å². The maximum absolute atomic E-state index is 12.7. The van der Waals surface area contributed by atoms with E-state index in [2.05, 4.69) is 3.63 Å². The van der Waals surface area contributed by atoms with E-state index < -0.39 is 36.4 Å². The number of ketones is 1. The second kappa shape index (κ2) is 8.01. The minimum atomic E-state index is -5.60. The van der Waals surface area contributed by atoms with Crippen LogP contribution in [-0.2, 0) is 14.9 Å². The van der Waals surface area contributed by atoms with Gasteiger partial charge in [0.15, 0.2) is 0 Å². The fourth-order valence-electron chi connectivity index (χ4n) is 2.01. The molecule has 22 heavy (non-hydrogen) atoms. The highest BCUT2D eigenvalue weighted by Crippen LogP contribution is 2.58. The molecular weight excluding hydrogens is 341 g/mol. The Kier molecular flexibility index (Phi) is 7.91. The largest absolute Gasteiger partial charge is 0.572 e.